The van der Waals surface area contributed by atoms with E-state index >= 15 is 0 Å². The number of aliphatic imine (C=N–C) groups is 3. The van der Waals surface area contributed by atoms with Gasteiger partial charge >= 0.3 is 0 Å². The minimum Gasteiger partial charge on any atom is -0.245 e. The average molecular weight is 293 g/mol. The molecule has 0 bridgehead atoms. The third kappa shape index (κ3) is 13.9. The van der Waals surface area contributed by atoms with Gasteiger partial charge in [0.15, 0.2) is 0 Å². The zero-order valence-corrected chi connectivity index (χ0v) is 11.5. The molecule has 0 amide bonds. The van der Waals surface area contributed by atoms with Crippen molar-refractivity contribution < 1.29 is 18.8 Å². The first-order chi connectivity index (χ1) is 10.2. The maximum atomic E-state index is 11.7. The van der Waals surface area contributed by atoms with Gasteiger partial charge in [-0.1, -0.05) is 0 Å². The van der Waals surface area contributed by atoms with Crippen LogP contribution in [-0.4, -0.2) is 43.5 Å². The second-order valence-corrected chi connectivity index (χ2v) is 4.34. The fraction of sp³-hybridized carbons (Fsp3) is 0.643. The van der Waals surface area contributed by atoms with E-state index in [4.69, 9.17) is 6.42 Å². The van der Waals surface area contributed by atoms with E-state index < -0.39 is 6.17 Å². The molecule has 0 heterocycles. The average Bonchev–Trinajstić information content (AvgIpc) is 3.39. The van der Waals surface area contributed by atoms with Crippen molar-refractivity contribution in [3.05, 3.63) is 0 Å². The quantitative estimate of drug-likeness (QED) is 0.333. The van der Waals surface area contributed by atoms with Gasteiger partial charge in [0.2, 0.25) is 18.2 Å². The van der Waals surface area contributed by atoms with E-state index in [0.29, 0.717) is 25.9 Å². The molecule has 6 nitrogen and oxygen atoms in total. The Morgan fingerprint density at radius 3 is 2.05 bits per heavy atom. The van der Waals surface area contributed by atoms with E-state index in [1.807, 2.05) is 0 Å². The van der Waals surface area contributed by atoms with Crippen LogP contribution in [-0.2, 0) is 14.4 Å². The molecule has 0 aromatic rings. The zero-order valence-electron chi connectivity index (χ0n) is 11.5. The Morgan fingerprint density at radius 2 is 1.71 bits per heavy atom. The van der Waals surface area contributed by atoms with E-state index in [9.17, 15) is 18.8 Å². The molecule has 2 atom stereocenters. The van der Waals surface area contributed by atoms with Crippen molar-refractivity contribution in [3.8, 4) is 12.3 Å². The van der Waals surface area contributed by atoms with Crippen molar-refractivity contribution in [1.82, 2.24) is 0 Å². The predicted molar refractivity (Wildman–Crippen MR) is 73.6 cm³/mol. The molecular formula is C14H16FN3O3. The lowest BCUT2D eigenvalue weighted by atomic mass is 10.4. The van der Waals surface area contributed by atoms with Crippen molar-refractivity contribution >= 4 is 18.2 Å². The highest BCUT2D eigenvalue weighted by Crippen LogP contribution is 2.28. The van der Waals surface area contributed by atoms with Crippen molar-refractivity contribution in [1.29, 1.82) is 0 Å². The molecule has 2 saturated carbocycles. The molecule has 0 aliphatic heterocycles. The number of rotatable bonds is 5. The number of terminal acetylenes is 1. The van der Waals surface area contributed by atoms with Gasteiger partial charge in [0.25, 0.3) is 0 Å². The second kappa shape index (κ2) is 12.7. The van der Waals surface area contributed by atoms with E-state index in [2.05, 4.69) is 20.9 Å². The van der Waals surface area contributed by atoms with Crippen LogP contribution >= 0.6 is 0 Å². The molecule has 0 spiro atoms. The second-order valence-electron chi connectivity index (χ2n) is 4.34. The fourth-order valence-electron chi connectivity index (χ4n) is 0.986. The summed E-state index contributed by atoms with van der Waals surface area (Å²) in [6, 6.07) is -0.350. The monoisotopic (exact) mass is 293 g/mol. The lowest BCUT2D eigenvalue weighted by Crippen LogP contribution is -1.77. The van der Waals surface area contributed by atoms with Crippen LogP contribution in [0.4, 0.5) is 4.39 Å². The van der Waals surface area contributed by atoms with E-state index in [1.54, 1.807) is 0 Å². The summed E-state index contributed by atoms with van der Waals surface area (Å²) in [7, 11) is 0. The standard InChI is InChI=1S/C5H7NO.C5H5NO.C4H4FNO/c7-4-6-3-5-1-2-5;1-2-3-4-6-5-7;5-3-1-4(3)6-2-7/h5H,1-3H2;1H,3-4H2;3-4H,1H2. The van der Waals surface area contributed by atoms with Crippen LogP contribution < -0.4 is 0 Å². The molecule has 0 aromatic heterocycles. The van der Waals surface area contributed by atoms with Gasteiger partial charge in [-0.2, -0.15) is 4.99 Å². The molecule has 0 aromatic carbocycles. The van der Waals surface area contributed by atoms with Crippen molar-refractivity contribution in [2.24, 2.45) is 20.9 Å². The maximum Gasteiger partial charge on any atom is 0.235 e. The summed E-state index contributed by atoms with van der Waals surface area (Å²) >= 11 is 0. The van der Waals surface area contributed by atoms with Gasteiger partial charge in [-0.3, -0.25) is 0 Å². The van der Waals surface area contributed by atoms with Crippen LogP contribution in [0.3, 0.4) is 0 Å². The molecule has 2 aliphatic rings. The minimum absolute atomic E-state index is 0.350. The smallest absolute Gasteiger partial charge is 0.235 e. The fourth-order valence-corrected chi connectivity index (χ4v) is 0.986. The first-order valence-corrected chi connectivity index (χ1v) is 6.41. The molecule has 2 aliphatic carbocycles. The molecule has 7 heteroatoms. The highest BCUT2D eigenvalue weighted by molar-refractivity contribution is 5.35. The maximum absolute atomic E-state index is 11.7. The number of nitrogens with zero attached hydrogens (tertiary/aromatic N) is 3. The zero-order chi connectivity index (χ0) is 15.9. The summed E-state index contributed by atoms with van der Waals surface area (Å²) in [5.74, 6) is 3.05. The van der Waals surface area contributed by atoms with Crippen LogP contribution in [0.1, 0.15) is 25.7 Å². The first kappa shape index (κ1) is 18.6. The van der Waals surface area contributed by atoms with E-state index in [0.717, 1.165) is 5.92 Å². The number of alkyl halides is 1. The Morgan fingerprint density at radius 1 is 1.10 bits per heavy atom. The number of isocyanates is 3. The number of halogens is 1. The Kier molecular flexibility index (Phi) is 11.2. The number of carbonyl (C=O) groups excluding carboxylic acids is 3. The van der Waals surface area contributed by atoms with Gasteiger partial charge in [0.05, 0.1) is 19.1 Å². The van der Waals surface area contributed by atoms with Crippen molar-refractivity contribution in [3.63, 3.8) is 0 Å². The summed E-state index contributed by atoms with van der Waals surface area (Å²) < 4.78 is 11.7. The molecule has 0 radical (unpaired) electrons. The van der Waals surface area contributed by atoms with Gasteiger partial charge in [0.1, 0.15) is 6.17 Å². The third-order valence-electron chi connectivity index (χ3n) is 2.44. The van der Waals surface area contributed by atoms with Crippen LogP contribution in [0.25, 0.3) is 0 Å². The summed E-state index contributed by atoms with van der Waals surface area (Å²) in [6.07, 6.45) is 11.6. The Labute approximate surface area is 122 Å². The van der Waals surface area contributed by atoms with Crippen LogP contribution in [0.5, 0.6) is 0 Å². The largest absolute Gasteiger partial charge is 0.245 e. The SMILES string of the molecule is C#CCCN=C=O.O=C=NC1CC1F.O=C=NCC1CC1. The van der Waals surface area contributed by atoms with E-state index in [1.165, 1.54) is 31.1 Å². The summed E-state index contributed by atoms with van der Waals surface area (Å²) in [5.41, 5.74) is 0. The van der Waals surface area contributed by atoms with Crippen LogP contribution in [0, 0.1) is 18.3 Å². The molecular weight excluding hydrogens is 277 g/mol. The molecule has 112 valence electrons. The molecule has 2 unspecified atom stereocenters. The van der Waals surface area contributed by atoms with Gasteiger partial charge < -0.3 is 0 Å². The van der Waals surface area contributed by atoms with Gasteiger partial charge in [-0.25, -0.2) is 28.8 Å². The topological polar surface area (TPSA) is 88.3 Å². The lowest BCUT2D eigenvalue weighted by molar-refractivity contribution is 0.467. The predicted octanol–water partition coefficient (Wildman–Crippen LogP) is 1.51. The molecule has 2 fully saturated rings. The third-order valence-corrected chi connectivity index (χ3v) is 2.44. The van der Waals surface area contributed by atoms with Crippen LogP contribution in [0.2, 0.25) is 0 Å². The lowest BCUT2D eigenvalue weighted by Gasteiger charge is -1.75. The minimum atomic E-state index is -0.860. The van der Waals surface area contributed by atoms with Gasteiger partial charge in [-0.15, -0.1) is 12.3 Å². The highest BCUT2D eigenvalue weighted by atomic mass is 19.1. The summed E-state index contributed by atoms with van der Waals surface area (Å²) in [4.78, 5) is 37.9. The molecule has 0 N–H and O–H groups in total. The molecule has 0 saturated heterocycles. The van der Waals surface area contributed by atoms with Gasteiger partial charge in [-0.05, 0) is 18.8 Å². The Balaban J connectivity index is 0.000000286. The molecule has 21 heavy (non-hydrogen) atoms. The first-order valence-electron chi connectivity index (χ1n) is 6.41. The van der Waals surface area contributed by atoms with E-state index in [-0.39, 0.29) is 6.04 Å². The number of hydrogen-bond donors (Lipinski definition) is 0. The van der Waals surface area contributed by atoms with Crippen molar-refractivity contribution in [2.75, 3.05) is 13.1 Å². The summed E-state index contributed by atoms with van der Waals surface area (Å²) in [6.45, 7) is 1.11. The normalized spacial score (nSPS) is 20.4. The van der Waals surface area contributed by atoms with Gasteiger partial charge in [0, 0.05) is 12.8 Å². The molecule has 2 rings (SSSR count). The van der Waals surface area contributed by atoms with Crippen molar-refractivity contribution in [2.45, 2.75) is 37.9 Å². The Bertz CT molecular complexity index is 480. The summed E-state index contributed by atoms with van der Waals surface area (Å²) in [5, 5.41) is 0. The number of hydrogen-bond acceptors (Lipinski definition) is 6. The Hall–Kier alpha value is -2.37. The highest BCUT2D eigenvalue weighted by Gasteiger charge is 2.37. The van der Waals surface area contributed by atoms with Crippen LogP contribution in [0.15, 0.2) is 15.0 Å².